The van der Waals surface area contributed by atoms with E-state index in [1.165, 1.54) is 11.3 Å². The molecule has 1 aromatic carbocycles. The van der Waals surface area contributed by atoms with Gasteiger partial charge in [-0.05, 0) is 38.4 Å². The van der Waals surface area contributed by atoms with Crippen LogP contribution in [0.15, 0.2) is 35.7 Å². The van der Waals surface area contributed by atoms with Gasteiger partial charge in [-0.2, -0.15) is 0 Å². The molecule has 0 aliphatic carbocycles. The van der Waals surface area contributed by atoms with E-state index in [2.05, 4.69) is 21.2 Å². The lowest BCUT2D eigenvalue weighted by atomic mass is 9.96. The van der Waals surface area contributed by atoms with Crippen LogP contribution in [-0.2, 0) is 27.3 Å². The number of piperidine rings is 1. The van der Waals surface area contributed by atoms with Crippen molar-refractivity contribution in [2.75, 3.05) is 19.6 Å². The van der Waals surface area contributed by atoms with Crippen LogP contribution in [0.3, 0.4) is 0 Å². The predicted octanol–water partition coefficient (Wildman–Crippen LogP) is 1.17. The first kappa shape index (κ1) is 21.9. The average Bonchev–Trinajstić information content (AvgIpc) is 3.16. The van der Waals surface area contributed by atoms with Gasteiger partial charge in [-0.15, -0.1) is 11.3 Å². The minimum absolute atomic E-state index is 0.0329. The molecule has 8 nitrogen and oxygen atoms in total. The van der Waals surface area contributed by atoms with E-state index in [9.17, 15) is 14.4 Å². The largest absolute Gasteiger partial charge is 0.352 e. The van der Waals surface area contributed by atoms with Crippen LogP contribution in [-0.4, -0.2) is 47.2 Å². The Kier molecular flexibility index (Phi) is 7.92. The number of nitrogens with one attached hydrogen (secondary N) is 3. The maximum Gasteiger partial charge on any atom is 0.252 e. The molecule has 2 aromatic rings. The summed E-state index contributed by atoms with van der Waals surface area (Å²) in [6.45, 7) is 3.93. The van der Waals surface area contributed by atoms with Gasteiger partial charge in [0.15, 0.2) is 0 Å². The first-order chi connectivity index (χ1) is 14.5. The molecule has 3 rings (SSSR count). The second kappa shape index (κ2) is 10.8. The number of carbonyl (C=O) groups is 3. The molecule has 0 spiro atoms. The molecular formula is C21H27N5O3S. The van der Waals surface area contributed by atoms with Crippen LogP contribution in [0.25, 0.3) is 0 Å². The number of carbonyl (C=O) groups excluding carboxylic acids is 3. The molecule has 1 saturated heterocycles. The second-order valence-electron chi connectivity index (χ2n) is 7.41. The molecule has 30 heavy (non-hydrogen) atoms. The number of likely N-dealkylation sites (tertiary alicyclic amines) is 1. The number of hydrazine groups is 1. The van der Waals surface area contributed by atoms with E-state index in [1.807, 2.05) is 47.5 Å². The summed E-state index contributed by atoms with van der Waals surface area (Å²) in [6, 6.07) is 9.82. The van der Waals surface area contributed by atoms with Crippen molar-refractivity contribution in [3.8, 4) is 0 Å². The highest BCUT2D eigenvalue weighted by Gasteiger charge is 2.25. The molecule has 1 fully saturated rings. The third-order valence-corrected chi connectivity index (χ3v) is 5.92. The molecule has 0 bridgehead atoms. The summed E-state index contributed by atoms with van der Waals surface area (Å²) in [5, 5.41) is 5.59. The van der Waals surface area contributed by atoms with Crippen LogP contribution in [0.5, 0.6) is 0 Å². The Hall–Kier alpha value is -2.78. The highest BCUT2D eigenvalue weighted by Crippen LogP contribution is 2.17. The second-order valence-corrected chi connectivity index (χ2v) is 8.35. The van der Waals surface area contributed by atoms with E-state index in [4.69, 9.17) is 0 Å². The Morgan fingerprint density at radius 1 is 1.10 bits per heavy atom. The zero-order chi connectivity index (χ0) is 21.3. The minimum Gasteiger partial charge on any atom is -0.352 e. The van der Waals surface area contributed by atoms with Crippen LogP contribution < -0.4 is 16.2 Å². The molecule has 1 aromatic heterocycles. The van der Waals surface area contributed by atoms with Crippen molar-refractivity contribution < 1.29 is 14.4 Å². The molecule has 1 aliphatic rings. The van der Waals surface area contributed by atoms with E-state index < -0.39 is 0 Å². The van der Waals surface area contributed by atoms with Crippen molar-refractivity contribution in [2.45, 2.75) is 32.7 Å². The number of amides is 3. The van der Waals surface area contributed by atoms with Gasteiger partial charge in [0.2, 0.25) is 11.8 Å². The molecule has 9 heteroatoms. The highest BCUT2D eigenvalue weighted by atomic mass is 32.1. The lowest BCUT2D eigenvalue weighted by molar-refractivity contribution is -0.130. The zero-order valence-electron chi connectivity index (χ0n) is 17.0. The number of hydrogen-bond acceptors (Lipinski definition) is 6. The molecule has 0 unspecified atom stereocenters. The van der Waals surface area contributed by atoms with Crippen LogP contribution in [0.4, 0.5) is 0 Å². The van der Waals surface area contributed by atoms with Crippen molar-refractivity contribution in [2.24, 2.45) is 5.92 Å². The Morgan fingerprint density at radius 2 is 1.80 bits per heavy atom. The van der Waals surface area contributed by atoms with Crippen molar-refractivity contribution in [1.82, 2.24) is 26.1 Å². The summed E-state index contributed by atoms with van der Waals surface area (Å²) in [4.78, 5) is 42.6. The molecule has 3 N–H and O–H groups in total. The molecule has 0 atom stereocenters. The summed E-state index contributed by atoms with van der Waals surface area (Å²) >= 11 is 1.42. The third-order valence-electron chi connectivity index (χ3n) is 4.95. The van der Waals surface area contributed by atoms with Gasteiger partial charge in [-0.1, -0.05) is 30.3 Å². The third kappa shape index (κ3) is 6.93. The molecule has 160 valence electrons. The Balaban J connectivity index is 1.31. The Bertz CT molecular complexity index is 863. The molecule has 2 heterocycles. The summed E-state index contributed by atoms with van der Waals surface area (Å²) in [7, 11) is 0. The first-order valence-corrected chi connectivity index (χ1v) is 10.9. The van der Waals surface area contributed by atoms with E-state index in [-0.39, 0.29) is 36.6 Å². The van der Waals surface area contributed by atoms with Gasteiger partial charge in [-0.25, -0.2) is 4.98 Å². The quantitative estimate of drug-likeness (QED) is 0.574. The van der Waals surface area contributed by atoms with E-state index >= 15 is 0 Å². The fourth-order valence-electron chi connectivity index (χ4n) is 3.33. The number of thiazole rings is 1. The van der Waals surface area contributed by atoms with Gasteiger partial charge >= 0.3 is 0 Å². The summed E-state index contributed by atoms with van der Waals surface area (Å²) in [5.74, 6) is -0.542. The highest BCUT2D eigenvalue weighted by molar-refractivity contribution is 7.09. The van der Waals surface area contributed by atoms with Crippen molar-refractivity contribution in [3.63, 3.8) is 0 Å². The van der Waals surface area contributed by atoms with Crippen LogP contribution in [0.1, 0.15) is 29.1 Å². The van der Waals surface area contributed by atoms with Gasteiger partial charge in [0, 0.05) is 23.5 Å². The fourth-order valence-corrected chi connectivity index (χ4v) is 4.10. The Labute approximate surface area is 180 Å². The SMILES string of the molecule is Cc1csc(CC(=O)NNC(=O)CN2CCC(C(=O)NCc3ccccc3)CC2)n1. The van der Waals surface area contributed by atoms with Crippen LogP contribution in [0, 0.1) is 12.8 Å². The number of rotatable bonds is 7. The van der Waals surface area contributed by atoms with Crippen LogP contribution in [0.2, 0.25) is 0 Å². The van der Waals surface area contributed by atoms with Gasteiger partial charge in [0.25, 0.3) is 5.91 Å². The number of aromatic nitrogens is 1. The number of aryl methyl sites for hydroxylation is 1. The topological polar surface area (TPSA) is 103 Å². The summed E-state index contributed by atoms with van der Waals surface area (Å²) < 4.78 is 0. The average molecular weight is 430 g/mol. The number of nitrogens with zero attached hydrogens (tertiary/aromatic N) is 2. The van der Waals surface area contributed by atoms with E-state index in [0.717, 1.165) is 11.3 Å². The van der Waals surface area contributed by atoms with Crippen molar-refractivity contribution in [3.05, 3.63) is 52.0 Å². The lowest BCUT2D eigenvalue weighted by Crippen LogP contribution is -2.49. The van der Waals surface area contributed by atoms with Crippen molar-refractivity contribution >= 4 is 29.1 Å². The first-order valence-electron chi connectivity index (χ1n) is 10.0. The molecule has 0 radical (unpaired) electrons. The lowest BCUT2D eigenvalue weighted by Gasteiger charge is -2.30. The van der Waals surface area contributed by atoms with E-state index in [0.29, 0.717) is 37.5 Å². The fraction of sp³-hybridized carbons (Fsp3) is 0.429. The van der Waals surface area contributed by atoms with Crippen molar-refractivity contribution in [1.29, 1.82) is 0 Å². The predicted molar refractivity (Wildman–Crippen MR) is 114 cm³/mol. The van der Waals surface area contributed by atoms with Gasteiger partial charge in [0.1, 0.15) is 5.01 Å². The number of hydrogen-bond donors (Lipinski definition) is 3. The Morgan fingerprint density at radius 3 is 2.47 bits per heavy atom. The zero-order valence-corrected chi connectivity index (χ0v) is 17.8. The maximum atomic E-state index is 12.4. The number of benzene rings is 1. The molecule has 1 aliphatic heterocycles. The normalized spacial score (nSPS) is 14.8. The van der Waals surface area contributed by atoms with E-state index in [1.54, 1.807) is 0 Å². The van der Waals surface area contributed by atoms with Gasteiger partial charge in [-0.3, -0.25) is 30.1 Å². The minimum atomic E-state index is -0.300. The monoisotopic (exact) mass is 429 g/mol. The maximum absolute atomic E-state index is 12.4. The van der Waals surface area contributed by atoms with Crippen LogP contribution >= 0.6 is 11.3 Å². The molecular weight excluding hydrogens is 402 g/mol. The smallest absolute Gasteiger partial charge is 0.252 e. The summed E-state index contributed by atoms with van der Waals surface area (Å²) in [5.41, 5.74) is 6.83. The summed E-state index contributed by atoms with van der Waals surface area (Å²) in [6.07, 6.45) is 1.57. The standard InChI is InChI=1S/C21H27N5O3S/c1-15-14-30-20(23-15)11-18(27)24-25-19(28)13-26-9-7-17(8-10-26)21(29)22-12-16-5-3-2-4-6-16/h2-6,14,17H,7-13H2,1H3,(H,22,29)(H,24,27)(H,25,28). The van der Waals surface area contributed by atoms with Gasteiger partial charge in [0.05, 0.1) is 13.0 Å². The van der Waals surface area contributed by atoms with Gasteiger partial charge < -0.3 is 5.32 Å². The molecule has 3 amide bonds. The molecule has 0 saturated carbocycles.